The van der Waals surface area contributed by atoms with Crippen LogP contribution in [0.2, 0.25) is 0 Å². The second-order valence-electron chi connectivity index (χ2n) is 5.55. The van der Waals surface area contributed by atoms with Crippen LogP contribution in [0.5, 0.6) is 0 Å². The maximum Gasteiger partial charge on any atom is 0.230 e. The number of rotatable bonds is 4. The summed E-state index contributed by atoms with van der Waals surface area (Å²) in [6.07, 6.45) is 0.250. The molecule has 1 aromatic carbocycles. The summed E-state index contributed by atoms with van der Waals surface area (Å²) in [5.74, 6) is -0.456. The van der Waals surface area contributed by atoms with Crippen molar-refractivity contribution >= 4 is 22.4 Å². The van der Waals surface area contributed by atoms with Crippen LogP contribution in [-0.4, -0.2) is 20.7 Å². The molecular weight excluding hydrogens is 327 g/mol. The van der Waals surface area contributed by atoms with Gasteiger partial charge in [-0.05, 0) is 26.0 Å². The lowest BCUT2D eigenvalue weighted by molar-refractivity contribution is -0.115. The van der Waals surface area contributed by atoms with E-state index in [1.165, 1.54) is 23.5 Å². The number of anilines is 1. The van der Waals surface area contributed by atoms with Crippen LogP contribution in [-0.2, 0) is 18.3 Å². The van der Waals surface area contributed by atoms with Crippen LogP contribution >= 0.6 is 11.3 Å². The number of hydrogen-bond donors (Lipinski definition) is 1. The average molecular weight is 344 g/mol. The minimum Gasteiger partial charge on any atom is -0.302 e. The molecule has 7 heteroatoms. The number of nitrogens with zero attached hydrogens (tertiary/aromatic N) is 3. The highest BCUT2D eigenvalue weighted by Crippen LogP contribution is 2.25. The van der Waals surface area contributed by atoms with Gasteiger partial charge in [0.05, 0.1) is 17.8 Å². The molecule has 24 heavy (non-hydrogen) atoms. The monoisotopic (exact) mass is 344 g/mol. The summed E-state index contributed by atoms with van der Waals surface area (Å²) in [6, 6.07) is 6.22. The minimum absolute atomic E-state index is 0.144. The molecule has 3 rings (SSSR count). The first-order valence-corrected chi connectivity index (χ1v) is 8.32. The molecule has 0 aliphatic rings. The number of nitrogens with one attached hydrogen (secondary N) is 1. The van der Waals surface area contributed by atoms with E-state index in [9.17, 15) is 9.18 Å². The normalized spacial score (nSPS) is 10.8. The molecule has 0 unspecified atom stereocenters. The molecule has 2 heterocycles. The summed E-state index contributed by atoms with van der Waals surface area (Å²) in [6.45, 7) is 3.83. The Morgan fingerprint density at radius 1 is 1.38 bits per heavy atom. The molecule has 5 nitrogen and oxygen atoms in total. The maximum absolute atomic E-state index is 13.3. The summed E-state index contributed by atoms with van der Waals surface area (Å²) in [5, 5.41) is 9.40. The van der Waals surface area contributed by atoms with E-state index in [1.54, 1.807) is 22.2 Å². The number of carbonyl (C=O) groups excluding carboxylic acids is 1. The molecule has 1 amide bonds. The van der Waals surface area contributed by atoms with E-state index in [0.29, 0.717) is 16.4 Å². The van der Waals surface area contributed by atoms with Gasteiger partial charge in [0.25, 0.3) is 0 Å². The number of aromatic nitrogens is 3. The number of hydrogen-bond acceptors (Lipinski definition) is 4. The topological polar surface area (TPSA) is 59.8 Å². The zero-order chi connectivity index (χ0) is 17.3. The summed E-state index contributed by atoms with van der Waals surface area (Å²) in [5.41, 5.74) is 4.08. The van der Waals surface area contributed by atoms with Crippen molar-refractivity contribution in [1.29, 1.82) is 0 Å². The fraction of sp³-hybridized carbons (Fsp3) is 0.235. The molecule has 0 bridgehead atoms. The number of carbonyl (C=O) groups is 1. The molecule has 0 saturated heterocycles. The van der Waals surface area contributed by atoms with Crippen molar-refractivity contribution in [3.05, 3.63) is 52.4 Å². The van der Waals surface area contributed by atoms with Gasteiger partial charge < -0.3 is 5.32 Å². The average Bonchev–Trinajstić information content (AvgIpc) is 3.08. The van der Waals surface area contributed by atoms with Crippen molar-refractivity contribution in [2.75, 3.05) is 5.32 Å². The van der Waals surface area contributed by atoms with E-state index in [0.717, 1.165) is 17.0 Å². The fourth-order valence-corrected chi connectivity index (χ4v) is 3.24. The van der Waals surface area contributed by atoms with Crippen LogP contribution in [0.3, 0.4) is 0 Å². The number of aryl methyl sites for hydroxylation is 2. The highest BCUT2D eigenvalue weighted by atomic mass is 32.1. The van der Waals surface area contributed by atoms with Crippen molar-refractivity contribution in [2.24, 2.45) is 7.05 Å². The Morgan fingerprint density at radius 3 is 2.83 bits per heavy atom. The van der Waals surface area contributed by atoms with Gasteiger partial charge >= 0.3 is 0 Å². The van der Waals surface area contributed by atoms with Crippen LogP contribution in [0.4, 0.5) is 9.52 Å². The highest BCUT2D eigenvalue weighted by Gasteiger charge is 2.15. The first kappa shape index (κ1) is 16.3. The van der Waals surface area contributed by atoms with Gasteiger partial charge in [0, 0.05) is 29.2 Å². The lowest BCUT2D eigenvalue weighted by Gasteiger charge is -2.03. The Balaban J connectivity index is 1.71. The molecule has 0 aliphatic carbocycles. The predicted molar refractivity (Wildman–Crippen MR) is 92.5 cm³/mol. The van der Waals surface area contributed by atoms with Crippen molar-refractivity contribution in [3.63, 3.8) is 0 Å². The van der Waals surface area contributed by atoms with Gasteiger partial charge in [-0.3, -0.25) is 9.48 Å². The Morgan fingerprint density at radius 2 is 2.17 bits per heavy atom. The summed E-state index contributed by atoms with van der Waals surface area (Å²) in [7, 11) is 1.86. The first-order chi connectivity index (χ1) is 11.4. The molecule has 0 fully saturated rings. The van der Waals surface area contributed by atoms with Crippen LogP contribution in [0.15, 0.2) is 29.6 Å². The van der Waals surface area contributed by atoms with E-state index in [-0.39, 0.29) is 18.1 Å². The van der Waals surface area contributed by atoms with Gasteiger partial charge in [-0.1, -0.05) is 12.1 Å². The molecule has 1 N–H and O–H groups in total. The number of halogens is 1. The van der Waals surface area contributed by atoms with E-state index in [2.05, 4.69) is 15.4 Å². The van der Waals surface area contributed by atoms with E-state index in [4.69, 9.17) is 0 Å². The lowest BCUT2D eigenvalue weighted by Crippen LogP contribution is -2.15. The van der Waals surface area contributed by atoms with E-state index in [1.807, 2.05) is 20.9 Å². The third kappa shape index (κ3) is 3.35. The van der Waals surface area contributed by atoms with E-state index < -0.39 is 0 Å². The van der Waals surface area contributed by atoms with Crippen molar-refractivity contribution in [2.45, 2.75) is 20.3 Å². The van der Waals surface area contributed by atoms with Crippen LogP contribution in [0, 0.1) is 19.7 Å². The molecule has 3 aromatic rings. The third-order valence-electron chi connectivity index (χ3n) is 3.87. The van der Waals surface area contributed by atoms with Gasteiger partial charge in [-0.25, -0.2) is 9.37 Å². The van der Waals surface area contributed by atoms with E-state index >= 15 is 0 Å². The third-order valence-corrected chi connectivity index (χ3v) is 4.62. The molecule has 124 valence electrons. The SMILES string of the molecule is Cc1nn(C)c(C)c1CC(=O)Nc1nc(-c2cccc(F)c2)cs1. The number of thiazole rings is 1. The van der Waals surface area contributed by atoms with Gasteiger partial charge in [0.15, 0.2) is 5.13 Å². The van der Waals surface area contributed by atoms with Crippen LogP contribution < -0.4 is 5.32 Å². The molecule has 0 radical (unpaired) electrons. The molecule has 0 atom stereocenters. The Bertz CT molecular complexity index is 900. The summed E-state index contributed by atoms with van der Waals surface area (Å²) in [4.78, 5) is 16.6. The molecule has 2 aromatic heterocycles. The predicted octanol–water partition coefficient (Wildman–Crippen LogP) is 3.48. The van der Waals surface area contributed by atoms with Gasteiger partial charge in [0.1, 0.15) is 5.82 Å². The van der Waals surface area contributed by atoms with Crippen LogP contribution in [0.1, 0.15) is 17.0 Å². The Kier molecular flexibility index (Phi) is 4.44. The van der Waals surface area contributed by atoms with Crippen molar-refractivity contribution in [3.8, 4) is 11.3 Å². The second-order valence-corrected chi connectivity index (χ2v) is 6.40. The fourth-order valence-electron chi connectivity index (χ4n) is 2.51. The quantitative estimate of drug-likeness (QED) is 0.788. The Labute approximate surface area is 143 Å². The minimum atomic E-state index is -0.311. The maximum atomic E-state index is 13.3. The first-order valence-electron chi connectivity index (χ1n) is 7.44. The Hall–Kier alpha value is -2.54. The van der Waals surface area contributed by atoms with Gasteiger partial charge in [0.2, 0.25) is 5.91 Å². The smallest absolute Gasteiger partial charge is 0.230 e. The van der Waals surface area contributed by atoms with Crippen LogP contribution in [0.25, 0.3) is 11.3 Å². The van der Waals surface area contributed by atoms with Crippen molar-refractivity contribution < 1.29 is 9.18 Å². The molecule has 0 aliphatic heterocycles. The standard InChI is InChI=1S/C17H17FN4OS/c1-10-14(11(2)22(3)21-10)8-16(23)20-17-19-15(9-24-17)12-5-4-6-13(18)7-12/h4-7,9H,8H2,1-3H3,(H,19,20,23). The molecular formula is C17H17FN4OS. The zero-order valence-electron chi connectivity index (χ0n) is 13.6. The van der Waals surface area contributed by atoms with Crippen molar-refractivity contribution in [1.82, 2.24) is 14.8 Å². The van der Waals surface area contributed by atoms with Gasteiger partial charge in [-0.2, -0.15) is 5.10 Å². The lowest BCUT2D eigenvalue weighted by atomic mass is 10.1. The second kappa shape index (κ2) is 6.52. The largest absolute Gasteiger partial charge is 0.302 e. The summed E-state index contributed by atoms with van der Waals surface area (Å²) < 4.78 is 15.1. The highest BCUT2D eigenvalue weighted by molar-refractivity contribution is 7.14. The summed E-state index contributed by atoms with van der Waals surface area (Å²) >= 11 is 1.32. The molecule has 0 saturated carbocycles. The van der Waals surface area contributed by atoms with Gasteiger partial charge in [-0.15, -0.1) is 11.3 Å². The zero-order valence-corrected chi connectivity index (χ0v) is 14.4. The number of benzene rings is 1. The number of amides is 1. The molecule has 0 spiro atoms.